The Balaban J connectivity index is 1.81. The Morgan fingerprint density at radius 2 is 2.14 bits per heavy atom. The molecule has 1 saturated heterocycles. The number of amides is 1. The van der Waals surface area contributed by atoms with E-state index in [0.717, 1.165) is 5.56 Å². The van der Waals surface area contributed by atoms with E-state index in [4.69, 9.17) is 17.3 Å². The van der Waals surface area contributed by atoms with Crippen LogP contribution in [0.2, 0.25) is 5.02 Å². The highest BCUT2D eigenvalue weighted by Crippen LogP contribution is 2.33. The van der Waals surface area contributed by atoms with Crippen molar-refractivity contribution in [3.8, 4) is 0 Å². The number of nitrogens with one attached hydrogen (secondary N) is 1. The second-order valence-electron chi connectivity index (χ2n) is 5.17. The van der Waals surface area contributed by atoms with Crippen LogP contribution in [-0.4, -0.2) is 39.2 Å². The number of nitrogen functional groups attached to an aromatic ring is 1. The van der Waals surface area contributed by atoms with E-state index < -0.39 is 5.60 Å². The molecular weight excluding hydrogens is 292 g/mol. The fraction of sp³-hybridized carbons (Fsp3) is 0.286. The van der Waals surface area contributed by atoms with E-state index in [2.05, 4.69) is 10.2 Å². The lowest BCUT2D eigenvalue weighted by atomic mass is 9.93. The van der Waals surface area contributed by atoms with E-state index in [0.29, 0.717) is 13.0 Å². The minimum absolute atomic E-state index is 0.0949. The maximum atomic E-state index is 12.4. The summed E-state index contributed by atoms with van der Waals surface area (Å²) in [6.45, 7) is 0.657. The third-order valence-corrected chi connectivity index (χ3v) is 4.18. The maximum Gasteiger partial charge on any atom is 0.273 e. The minimum atomic E-state index is -1.03. The van der Waals surface area contributed by atoms with Gasteiger partial charge in [0.2, 0.25) is 0 Å². The number of carbonyl (C=O) groups excluding carboxylic acids is 1. The fourth-order valence-corrected chi connectivity index (χ4v) is 2.76. The van der Waals surface area contributed by atoms with Gasteiger partial charge in [-0.05, 0) is 12.0 Å². The molecule has 4 N–H and O–H groups in total. The third-order valence-electron chi connectivity index (χ3n) is 3.79. The normalized spacial score (nSPS) is 21.7. The molecule has 1 aromatic carbocycles. The molecule has 2 aromatic rings. The first kappa shape index (κ1) is 13.9. The molecule has 3 rings (SSSR count). The van der Waals surface area contributed by atoms with Gasteiger partial charge in [-0.1, -0.05) is 41.9 Å². The largest absolute Gasteiger partial charge is 0.383 e. The number of benzene rings is 1. The van der Waals surface area contributed by atoms with Gasteiger partial charge in [-0.15, -0.1) is 0 Å². The van der Waals surface area contributed by atoms with Crippen LogP contribution in [0.5, 0.6) is 0 Å². The number of H-pyrrole nitrogens is 1. The van der Waals surface area contributed by atoms with Crippen LogP contribution in [0.25, 0.3) is 0 Å². The van der Waals surface area contributed by atoms with Gasteiger partial charge in [-0.2, -0.15) is 5.10 Å². The maximum absolute atomic E-state index is 12.4. The first-order valence-corrected chi connectivity index (χ1v) is 6.95. The molecule has 110 valence electrons. The third kappa shape index (κ3) is 2.36. The van der Waals surface area contributed by atoms with E-state index >= 15 is 0 Å². The number of aromatic nitrogens is 2. The monoisotopic (exact) mass is 306 g/mol. The fourth-order valence-electron chi connectivity index (χ4n) is 2.59. The number of likely N-dealkylation sites (tertiary alicyclic amines) is 1. The van der Waals surface area contributed by atoms with E-state index in [1.807, 2.05) is 30.3 Å². The molecule has 1 unspecified atom stereocenters. The summed E-state index contributed by atoms with van der Waals surface area (Å²) in [4.78, 5) is 14.0. The summed E-state index contributed by atoms with van der Waals surface area (Å²) >= 11 is 5.94. The standard InChI is InChI=1S/C14H15ClN4O2/c15-10-11(17-18-12(10)16)13(20)19-7-6-14(21,8-19)9-4-2-1-3-5-9/h1-5,21H,6-8H2,(H3,16,17,18). The van der Waals surface area contributed by atoms with Crippen LogP contribution in [0.1, 0.15) is 22.5 Å². The number of aliphatic hydroxyl groups is 1. The topological polar surface area (TPSA) is 95.2 Å². The van der Waals surface area contributed by atoms with Gasteiger partial charge < -0.3 is 15.7 Å². The number of carbonyl (C=O) groups is 1. The molecule has 0 aliphatic carbocycles. The number of anilines is 1. The summed E-state index contributed by atoms with van der Waals surface area (Å²) in [5.74, 6) is -0.214. The Labute approximate surface area is 126 Å². The number of rotatable bonds is 2. The van der Waals surface area contributed by atoms with Crippen LogP contribution < -0.4 is 5.73 Å². The highest BCUT2D eigenvalue weighted by Gasteiger charge is 2.40. The molecule has 2 heterocycles. The van der Waals surface area contributed by atoms with Crippen LogP contribution in [0.4, 0.5) is 5.82 Å². The number of halogens is 1. The zero-order valence-corrected chi connectivity index (χ0v) is 12.0. The molecule has 7 heteroatoms. The lowest BCUT2D eigenvalue weighted by molar-refractivity contribution is 0.0415. The molecule has 1 atom stereocenters. The van der Waals surface area contributed by atoms with Crippen molar-refractivity contribution in [2.24, 2.45) is 0 Å². The van der Waals surface area contributed by atoms with Crippen molar-refractivity contribution in [2.75, 3.05) is 18.8 Å². The summed E-state index contributed by atoms with van der Waals surface area (Å²) in [6, 6.07) is 9.33. The second kappa shape index (κ2) is 5.05. The highest BCUT2D eigenvalue weighted by molar-refractivity contribution is 6.35. The summed E-state index contributed by atoms with van der Waals surface area (Å²) in [6.07, 6.45) is 0.476. The number of β-amino-alcohol motifs (C(OH)–C–C–N with tert-alkyl or cyclic N) is 1. The number of aromatic amines is 1. The highest BCUT2D eigenvalue weighted by atomic mass is 35.5. The molecule has 21 heavy (non-hydrogen) atoms. The van der Waals surface area contributed by atoms with Gasteiger partial charge in [0, 0.05) is 6.54 Å². The Hall–Kier alpha value is -2.05. The molecule has 0 saturated carbocycles. The lowest BCUT2D eigenvalue weighted by Gasteiger charge is -2.23. The van der Waals surface area contributed by atoms with Crippen molar-refractivity contribution < 1.29 is 9.90 Å². The summed E-state index contributed by atoms with van der Waals surface area (Å²) in [5.41, 5.74) is 5.45. The minimum Gasteiger partial charge on any atom is -0.383 e. The van der Waals surface area contributed by atoms with Crippen LogP contribution in [0.3, 0.4) is 0 Å². The Morgan fingerprint density at radius 3 is 2.76 bits per heavy atom. The quantitative estimate of drug-likeness (QED) is 0.781. The van der Waals surface area contributed by atoms with Crippen LogP contribution in [-0.2, 0) is 5.60 Å². The zero-order valence-electron chi connectivity index (χ0n) is 11.2. The summed E-state index contributed by atoms with van der Waals surface area (Å²) in [7, 11) is 0. The van der Waals surface area contributed by atoms with Crippen molar-refractivity contribution in [1.82, 2.24) is 15.1 Å². The van der Waals surface area contributed by atoms with E-state index in [-0.39, 0.29) is 29.0 Å². The van der Waals surface area contributed by atoms with Crippen molar-refractivity contribution in [2.45, 2.75) is 12.0 Å². The van der Waals surface area contributed by atoms with Gasteiger partial charge in [-0.3, -0.25) is 9.89 Å². The number of nitrogens with two attached hydrogens (primary N) is 1. The molecular formula is C14H15ClN4O2. The predicted molar refractivity (Wildman–Crippen MR) is 78.9 cm³/mol. The van der Waals surface area contributed by atoms with Gasteiger partial charge in [0.05, 0.1) is 6.54 Å². The number of hydrogen-bond donors (Lipinski definition) is 3. The van der Waals surface area contributed by atoms with Crippen LogP contribution in [0.15, 0.2) is 30.3 Å². The van der Waals surface area contributed by atoms with E-state index in [9.17, 15) is 9.90 Å². The molecule has 1 aliphatic heterocycles. The van der Waals surface area contributed by atoms with Gasteiger partial charge in [0.25, 0.3) is 5.91 Å². The molecule has 0 bridgehead atoms. The summed E-state index contributed by atoms with van der Waals surface area (Å²) < 4.78 is 0. The molecule has 1 amide bonds. The molecule has 6 nitrogen and oxygen atoms in total. The average Bonchev–Trinajstić information content (AvgIpc) is 3.05. The first-order chi connectivity index (χ1) is 10.0. The van der Waals surface area contributed by atoms with Gasteiger partial charge in [0.1, 0.15) is 16.3 Å². The van der Waals surface area contributed by atoms with Gasteiger partial charge >= 0.3 is 0 Å². The lowest BCUT2D eigenvalue weighted by Crippen LogP contribution is -2.34. The van der Waals surface area contributed by atoms with Gasteiger partial charge in [0.15, 0.2) is 5.82 Å². The predicted octanol–water partition coefficient (Wildman–Crippen LogP) is 1.38. The van der Waals surface area contributed by atoms with E-state index in [1.54, 1.807) is 4.90 Å². The van der Waals surface area contributed by atoms with E-state index in [1.165, 1.54) is 0 Å². The first-order valence-electron chi connectivity index (χ1n) is 6.58. The van der Waals surface area contributed by atoms with Crippen molar-refractivity contribution in [1.29, 1.82) is 0 Å². The van der Waals surface area contributed by atoms with Crippen LogP contribution in [0, 0.1) is 0 Å². The number of hydrogen-bond acceptors (Lipinski definition) is 4. The summed E-state index contributed by atoms with van der Waals surface area (Å²) in [5, 5.41) is 17.1. The molecule has 1 aromatic heterocycles. The Bertz CT molecular complexity index is 673. The van der Waals surface area contributed by atoms with Crippen LogP contribution >= 0.6 is 11.6 Å². The average molecular weight is 307 g/mol. The number of nitrogens with zero attached hydrogens (tertiary/aromatic N) is 2. The molecule has 1 aliphatic rings. The molecule has 1 fully saturated rings. The van der Waals surface area contributed by atoms with Crippen molar-refractivity contribution >= 4 is 23.3 Å². The zero-order chi connectivity index (χ0) is 15.0. The SMILES string of the molecule is Nc1n[nH]c(C(=O)N2CCC(O)(c3ccccc3)C2)c1Cl. The molecule has 0 spiro atoms. The van der Waals surface area contributed by atoms with Crippen molar-refractivity contribution in [3.63, 3.8) is 0 Å². The Kier molecular flexibility index (Phi) is 3.35. The van der Waals surface area contributed by atoms with Gasteiger partial charge in [-0.25, -0.2) is 0 Å². The second-order valence-corrected chi connectivity index (χ2v) is 5.55. The van der Waals surface area contributed by atoms with Crippen molar-refractivity contribution in [3.05, 3.63) is 46.6 Å². The molecule has 0 radical (unpaired) electrons. The smallest absolute Gasteiger partial charge is 0.273 e. The Morgan fingerprint density at radius 1 is 1.43 bits per heavy atom.